The predicted octanol–water partition coefficient (Wildman–Crippen LogP) is 3.99. The average molecular weight is 273 g/mol. The molecule has 0 aliphatic carbocycles. The van der Waals surface area contributed by atoms with Gasteiger partial charge >= 0.3 is 0 Å². The first-order valence-electron chi connectivity index (χ1n) is 7.13. The summed E-state index contributed by atoms with van der Waals surface area (Å²) in [5, 5.41) is 12.4. The Morgan fingerprint density at radius 1 is 1.25 bits per heavy atom. The minimum absolute atomic E-state index is 0.209. The van der Waals surface area contributed by atoms with Gasteiger partial charge in [-0.25, -0.2) is 0 Å². The number of aliphatic hydroxyl groups is 1. The molecule has 108 valence electrons. The van der Waals surface area contributed by atoms with Gasteiger partial charge in [-0.05, 0) is 57.4 Å². The van der Waals surface area contributed by atoms with Crippen molar-refractivity contribution in [2.45, 2.75) is 39.7 Å². The summed E-state index contributed by atoms with van der Waals surface area (Å²) in [6, 6.07) is 10.7. The van der Waals surface area contributed by atoms with Crippen molar-refractivity contribution in [3.8, 4) is 0 Å². The molecule has 0 saturated heterocycles. The highest BCUT2D eigenvalue weighted by molar-refractivity contribution is 5.48. The van der Waals surface area contributed by atoms with Gasteiger partial charge in [0.15, 0.2) is 0 Å². The summed E-state index contributed by atoms with van der Waals surface area (Å²) in [5.74, 6) is 1.92. The molecule has 0 aliphatic heterocycles. The van der Waals surface area contributed by atoms with E-state index in [0.29, 0.717) is 0 Å². The lowest BCUT2D eigenvalue weighted by atomic mass is 10.1. The molecule has 0 aliphatic rings. The van der Waals surface area contributed by atoms with Gasteiger partial charge in [0.05, 0.1) is 6.04 Å². The molecule has 3 heteroatoms. The van der Waals surface area contributed by atoms with E-state index in [1.54, 1.807) is 0 Å². The Kier molecular flexibility index (Phi) is 4.85. The van der Waals surface area contributed by atoms with Gasteiger partial charge in [-0.1, -0.05) is 12.1 Å². The molecule has 0 saturated carbocycles. The van der Waals surface area contributed by atoms with Crippen molar-refractivity contribution in [2.75, 3.05) is 11.9 Å². The van der Waals surface area contributed by atoms with Crippen LogP contribution >= 0.6 is 0 Å². The zero-order valence-corrected chi connectivity index (χ0v) is 12.4. The van der Waals surface area contributed by atoms with Crippen LogP contribution in [-0.4, -0.2) is 11.7 Å². The second-order valence-electron chi connectivity index (χ2n) is 5.26. The van der Waals surface area contributed by atoms with Crippen molar-refractivity contribution in [3.63, 3.8) is 0 Å². The van der Waals surface area contributed by atoms with E-state index in [1.807, 2.05) is 13.8 Å². The third-order valence-corrected chi connectivity index (χ3v) is 3.48. The topological polar surface area (TPSA) is 45.4 Å². The van der Waals surface area contributed by atoms with Crippen molar-refractivity contribution in [2.24, 2.45) is 0 Å². The smallest absolute Gasteiger partial charge is 0.106 e. The fourth-order valence-electron chi connectivity index (χ4n) is 2.51. The SMILES string of the molecule is Cc1cc(C(C)Nc2cccc(CCCO)c2)c(C)o1. The van der Waals surface area contributed by atoms with Crippen LogP contribution in [0.3, 0.4) is 0 Å². The Bertz CT molecular complexity index is 560. The van der Waals surface area contributed by atoms with Crippen LogP contribution in [0.15, 0.2) is 34.7 Å². The molecule has 0 spiro atoms. The fraction of sp³-hybridized carbons (Fsp3) is 0.412. The van der Waals surface area contributed by atoms with Crippen LogP contribution in [0, 0.1) is 13.8 Å². The van der Waals surface area contributed by atoms with E-state index in [4.69, 9.17) is 9.52 Å². The zero-order valence-electron chi connectivity index (χ0n) is 12.4. The summed E-state index contributed by atoms with van der Waals surface area (Å²) in [6.07, 6.45) is 1.71. The molecule has 0 radical (unpaired) electrons. The number of nitrogens with one attached hydrogen (secondary N) is 1. The molecule has 20 heavy (non-hydrogen) atoms. The van der Waals surface area contributed by atoms with Gasteiger partial charge in [0, 0.05) is 17.9 Å². The number of furan rings is 1. The van der Waals surface area contributed by atoms with Gasteiger partial charge in [0.2, 0.25) is 0 Å². The Hall–Kier alpha value is -1.74. The van der Waals surface area contributed by atoms with E-state index < -0.39 is 0 Å². The monoisotopic (exact) mass is 273 g/mol. The molecular weight excluding hydrogens is 250 g/mol. The van der Waals surface area contributed by atoms with Crippen molar-refractivity contribution in [1.29, 1.82) is 0 Å². The summed E-state index contributed by atoms with van der Waals surface area (Å²) >= 11 is 0. The first-order chi connectivity index (χ1) is 9.60. The molecule has 2 N–H and O–H groups in total. The number of rotatable bonds is 6. The number of aryl methyl sites for hydroxylation is 3. The second-order valence-corrected chi connectivity index (χ2v) is 5.26. The first-order valence-corrected chi connectivity index (χ1v) is 7.13. The number of hydrogen-bond acceptors (Lipinski definition) is 3. The lowest BCUT2D eigenvalue weighted by Crippen LogP contribution is -2.07. The maximum Gasteiger partial charge on any atom is 0.106 e. The Labute approximate surface area is 120 Å². The molecule has 0 amide bonds. The van der Waals surface area contributed by atoms with Crippen LogP contribution < -0.4 is 5.32 Å². The normalized spacial score (nSPS) is 12.4. The molecule has 1 unspecified atom stereocenters. The molecule has 0 bridgehead atoms. The highest BCUT2D eigenvalue weighted by Crippen LogP contribution is 2.25. The molecular formula is C17H23NO2. The van der Waals surface area contributed by atoms with E-state index >= 15 is 0 Å². The van der Waals surface area contributed by atoms with Gasteiger partial charge in [-0.2, -0.15) is 0 Å². The quantitative estimate of drug-likeness (QED) is 0.836. The Morgan fingerprint density at radius 3 is 2.70 bits per heavy atom. The molecule has 2 aromatic rings. The maximum atomic E-state index is 8.90. The van der Waals surface area contributed by atoms with Gasteiger partial charge in [-0.3, -0.25) is 0 Å². The molecule has 1 atom stereocenters. The predicted molar refractivity (Wildman–Crippen MR) is 82.1 cm³/mol. The zero-order chi connectivity index (χ0) is 14.5. The van der Waals surface area contributed by atoms with E-state index in [1.165, 1.54) is 11.1 Å². The highest BCUT2D eigenvalue weighted by atomic mass is 16.3. The van der Waals surface area contributed by atoms with Gasteiger partial charge in [0.25, 0.3) is 0 Å². The molecule has 1 heterocycles. The van der Waals surface area contributed by atoms with Crippen molar-refractivity contribution < 1.29 is 9.52 Å². The van der Waals surface area contributed by atoms with Crippen LogP contribution in [-0.2, 0) is 6.42 Å². The van der Waals surface area contributed by atoms with Crippen LogP contribution in [0.2, 0.25) is 0 Å². The van der Waals surface area contributed by atoms with Gasteiger partial charge in [0.1, 0.15) is 11.5 Å². The Balaban J connectivity index is 2.07. The number of aliphatic hydroxyl groups excluding tert-OH is 1. The third-order valence-electron chi connectivity index (χ3n) is 3.48. The van der Waals surface area contributed by atoms with Crippen LogP contribution in [0.1, 0.15) is 42.0 Å². The third kappa shape index (κ3) is 3.64. The van der Waals surface area contributed by atoms with Crippen molar-refractivity contribution >= 4 is 5.69 Å². The molecule has 0 fully saturated rings. The number of benzene rings is 1. The largest absolute Gasteiger partial charge is 0.466 e. The molecule has 2 rings (SSSR count). The van der Waals surface area contributed by atoms with E-state index in [2.05, 4.69) is 42.6 Å². The minimum atomic E-state index is 0.209. The summed E-state index contributed by atoms with van der Waals surface area (Å²) < 4.78 is 5.58. The van der Waals surface area contributed by atoms with E-state index in [-0.39, 0.29) is 12.6 Å². The van der Waals surface area contributed by atoms with E-state index in [0.717, 1.165) is 30.0 Å². The van der Waals surface area contributed by atoms with Crippen LogP contribution in [0.4, 0.5) is 5.69 Å². The maximum absolute atomic E-state index is 8.90. The number of hydrogen-bond donors (Lipinski definition) is 2. The lowest BCUT2D eigenvalue weighted by molar-refractivity contribution is 0.288. The number of anilines is 1. The highest BCUT2D eigenvalue weighted by Gasteiger charge is 2.12. The van der Waals surface area contributed by atoms with Crippen molar-refractivity contribution in [1.82, 2.24) is 0 Å². The minimum Gasteiger partial charge on any atom is -0.466 e. The lowest BCUT2D eigenvalue weighted by Gasteiger charge is -2.15. The Morgan fingerprint density at radius 2 is 2.05 bits per heavy atom. The summed E-state index contributed by atoms with van der Waals surface area (Å²) in [7, 11) is 0. The van der Waals surface area contributed by atoms with Crippen LogP contribution in [0.5, 0.6) is 0 Å². The molecule has 1 aromatic heterocycles. The fourth-order valence-corrected chi connectivity index (χ4v) is 2.51. The van der Waals surface area contributed by atoms with Crippen LogP contribution in [0.25, 0.3) is 0 Å². The first kappa shape index (κ1) is 14.7. The van der Waals surface area contributed by atoms with Crippen molar-refractivity contribution in [3.05, 3.63) is 53.0 Å². The summed E-state index contributed by atoms with van der Waals surface area (Å²) in [5.41, 5.74) is 3.55. The summed E-state index contributed by atoms with van der Waals surface area (Å²) in [4.78, 5) is 0. The standard InChI is InChI=1S/C17H23NO2/c1-12-10-17(14(3)20-12)13(2)18-16-8-4-6-15(11-16)7-5-9-19/h4,6,8,10-11,13,18-19H,5,7,9H2,1-3H3. The van der Waals surface area contributed by atoms with Gasteiger partial charge < -0.3 is 14.8 Å². The molecule has 3 nitrogen and oxygen atoms in total. The molecule has 1 aromatic carbocycles. The van der Waals surface area contributed by atoms with E-state index in [9.17, 15) is 0 Å². The summed E-state index contributed by atoms with van der Waals surface area (Å²) in [6.45, 7) is 6.34. The average Bonchev–Trinajstić information content (AvgIpc) is 2.76. The second kappa shape index (κ2) is 6.62. The van der Waals surface area contributed by atoms with Gasteiger partial charge in [-0.15, -0.1) is 0 Å².